The summed E-state index contributed by atoms with van der Waals surface area (Å²) in [5.74, 6) is 0.0758. The van der Waals surface area contributed by atoms with E-state index in [-0.39, 0.29) is 17.9 Å². The number of aromatic amines is 2. The fourth-order valence-electron chi connectivity index (χ4n) is 6.40. The Morgan fingerprint density at radius 2 is 1.67 bits per heavy atom. The number of carbonyl (C=O) groups excluding carboxylic acids is 3. The number of amides is 3. The smallest absolute Gasteiger partial charge is 0.409 e. The Labute approximate surface area is 262 Å². The Bertz CT molecular complexity index is 2120. The van der Waals surface area contributed by atoms with Crippen molar-refractivity contribution in [1.82, 2.24) is 20.2 Å². The number of piperazine rings is 1. The number of benzene rings is 3. The quantitative estimate of drug-likeness (QED) is 0.192. The fourth-order valence-corrected chi connectivity index (χ4v) is 7.43. The van der Waals surface area contributed by atoms with Gasteiger partial charge in [-0.3, -0.25) is 9.59 Å². The Balaban J connectivity index is 1.06. The minimum atomic E-state index is -0.372. The van der Waals surface area contributed by atoms with E-state index in [1.54, 1.807) is 21.1 Å². The lowest BCUT2D eigenvalue weighted by molar-refractivity contribution is 0.0983. The van der Waals surface area contributed by atoms with E-state index in [2.05, 4.69) is 32.9 Å². The van der Waals surface area contributed by atoms with E-state index in [1.165, 1.54) is 0 Å². The molecule has 226 valence electrons. The Morgan fingerprint density at radius 3 is 2.51 bits per heavy atom. The van der Waals surface area contributed by atoms with Crippen LogP contribution >= 0.6 is 11.3 Å². The zero-order valence-corrected chi connectivity index (χ0v) is 25.3. The van der Waals surface area contributed by atoms with Crippen LogP contribution in [0.2, 0.25) is 0 Å². The molecule has 0 aliphatic carbocycles. The van der Waals surface area contributed by atoms with Crippen LogP contribution in [0.5, 0.6) is 5.75 Å². The number of carbonyl (C=O) groups is 3. The van der Waals surface area contributed by atoms with Gasteiger partial charge in [-0.25, -0.2) is 4.79 Å². The molecule has 2 aliphatic rings. The van der Waals surface area contributed by atoms with Gasteiger partial charge in [0.05, 0.1) is 10.4 Å². The van der Waals surface area contributed by atoms with Crippen molar-refractivity contribution in [3.63, 3.8) is 0 Å². The molecule has 3 aromatic carbocycles. The third-order valence-electron chi connectivity index (χ3n) is 8.65. The molecule has 0 saturated carbocycles. The predicted molar refractivity (Wildman–Crippen MR) is 177 cm³/mol. The van der Waals surface area contributed by atoms with Crippen molar-refractivity contribution in [2.75, 3.05) is 42.9 Å². The summed E-state index contributed by atoms with van der Waals surface area (Å²) in [5, 5.41) is 11.1. The van der Waals surface area contributed by atoms with Gasteiger partial charge in [0.1, 0.15) is 11.4 Å². The van der Waals surface area contributed by atoms with Crippen LogP contribution in [0.4, 0.5) is 16.2 Å². The zero-order chi connectivity index (χ0) is 30.7. The van der Waals surface area contributed by atoms with Gasteiger partial charge in [-0.15, -0.1) is 11.3 Å². The lowest BCUT2D eigenvalue weighted by Gasteiger charge is -2.26. The van der Waals surface area contributed by atoms with Crippen molar-refractivity contribution < 1.29 is 19.1 Å². The zero-order valence-electron chi connectivity index (χ0n) is 24.5. The molecule has 0 unspecified atom stereocenters. The van der Waals surface area contributed by atoms with Gasteiger partial charge in [-0.05, 0) is 66.2 Å². The van der Waals surface area contributed by atoms with Crippen molar-refractivity contribution >= 4 is 72.5 Å². The van der Waals surface area contributed by atoms with Crippen LogP contribution in [-0.4, -0.2) is 65.5 Å². The number of aromatic nitrogens is 2. The maximum atomic E-state index is 14.0. The molecule has 5 heterocycles. The molecule has 3 aromatic heterocycles. The molecular formula is C34H30N6O4S. The maximum absolute atomic E-state index is 14.0. The average molecular weight is 619 g/mol. The Hall–Kier alpha value is -5.13. The molecule has 0 bridgehead atoms. The normalized spacial score (nSPS) is 14.8. The minimum Gasteiger partial charge on any atom is -0.409 e. The first-order valence-electron chi connectivity index (χ1n) is 15.0. The molecule has 2 aliphatic heterocycles. The summed E-state index contributed by atoms with van der Waals surface area (Å²) in [4.78, 5) is 49.8. The molecule has 4 N–H and O–H groups in total. The fraction of sp³-hybridized carbons (Fsp3) is 0.206. The van der Waals surface area contributed by atoms with Crippen molar-refractivity contribution in [3.05, 3.63) is 88.6 Å². The Kier molecular flexibility index (Phi) is 6.58. The number of thiophene rings is 1. The van der Waals surface area contributed by atoms with Crippen LogP contribution < -0.4 is 20.3 Å². The van der Waals surface area contributed by atoms with Crippen LogP contribution in [-0.2, 0) is 6.42 Å². The number of anilines is 2. The second kappa shape index (κ2) is 10.8. The van der Waals surface area contributed by atoms with Gasteiger partial charge in [-0.2, -0.15) is 0 Å². The van der Waals surface area contributed by atoms with Crippen molar-refractivity contribution in [3.8, 4) is 5.75 Å². The van der Waals surface area contributed by atoms with Crippen LogP contribution in [0.1, 0.15) is 32.1 Å². The van der Waals surface area contributed by atoms with Crippen LogP contribution in [0, 0.1) is 6.92 Å². The number of ether oxygens (including phenoxy) is 1. The van der Waals surface area contributed by atoms with Crippen molar-refractivity contribution in [2.24, 2.45) is 0 Å². The number of H-pyrrole nitrogens is 2. The van der Waals surface area contributed by atoms with Gasteiger partial charge in [0, 0.05) is 71.7 Å². The number of fused-ring (bicyclic) bond motifs is 5. The van der Waals surface area contributed by atoms with Gasteiger partial charge >= 0.3 is 6.09 Å². The summed E-state index contributed by atoms with van der Waals surface area (Å²) in [7, 11) is 0. The van der Waals surface area contributed by atoms with E-state index < -0.39 is 0 Å². The molecule has 1 saturated heterocycles. The topological polar surface area (TPSA) is 123 Å². The third-order valence-corrected chi connectivity index (χ3v) is 9.77. The monoisotopic (exact) mass is 618 g/mol. The second-order valence-electron chi connectivity index (χ2n) is 11.5. The summed E-state index contributed by atoms with van der Waals surface area (Å²) in [6.45, 7) is 5.23. The standard InChI is InChI=1S/C34H30N6O4S/c1-19-18-45-31-29(44-34(43)39-12-9-35-10-13-39)17-28-23(30(19)31)8-11-40(28)33(42)27-16-21-14-22(6-7-25(21)38-27)36-32(41)26-15-20-4-2-3-5-24(20)37-26/h2-7,14-18,35,37-38H,8-13H2,1H3,(H,36,41). The summed E-state index contributed by atoms with van der Waals surface area (Å²) < 4.78 is 6.90. The van der Waals surface area contributed by atoms with E-state index in [4.69, 9.17) is 4.74 Å². The van der Waals surface area contributed by atoms with Crippen LogP contribution in [0.15, 0.2) is 66.0 Å². The number of nitrogens with one attached hydrogen (secondary N) is 4. The largest absolute Gasteiger partial charge is 0.415 e. The molecule has 11 heteroatoms. The van der Waals surface area contributed by atoms with E-state index in [0.29, 0.717) is 48.9 Å². The maximum Gasteiger partial charge on any atom is 0.415 e. The van der Waals surface area contributed by atoms with E-state index >= 15 is 0 Å². The molecule has 45 heavy (non-hydrogen) atoms. The first kappa shape index (κ1) is 27.4. The number of para-hydroxylation sites is 1. The SMILES string of the molecule is Cc1csc2c(OC(=O)N3CCNCC3)cc3c(c12)CCN3C(=O)c1cc2cc(NC(=O)c3cc4ccccc4[nH]3)ccc2[nH]1. The summed E-state index contributed by atoms with van der Waals surface area (Å²) >= 11 is 1.56. The third kappa shape index (κ3) is 4.80. The second-order valence-corrected chi connectivity index (χ2v) is 12.4. The van der Waals surface area contributed by atoms with Gasteiger partial charge in [0.15, 0.2) is 5.75 Å². The highest BCUT2D eigenvalue weighted by Crippen LogP contribution is 2.45. The van der Waals surface area contributed by atoms with Gasteiger partial charge in [0.25, 0.3) is 11.8 Å². The van der Waals surface area contributed by atoms with Crippen LogP contribution in [0.3, 0.4) is 0 Å². The number of hydrogen-bond acceptors (Lipinski definition) is 6. The van der Waals surface area contributed by atoms with Gasteiger partial charge in [0.2, 0.25) is 0 Å². The number of hydrogen-bond donors (Lipinski definition) is 4. The average Bonchev–Trinajstić information content (AvgIpc) is 3.85. The summed E-state index contributed by atoms with van der Waals surface area (Å²) in [6, 6.07) is 18.8. The highest BCUT2D eigenvalue weighted by atomic mass is 32.1. The molecular weight excluding hydrogens is 588 g/mol. The number of nitrogens with zero attached hydrogens (tertiary/aromatic N) is 2. The number of aryl methyl sites for hydroxylation is 1. The molecule has 8 rings (SSSR count). The minimum absolute atomic E-state index is 0.166. The Morgan fingerprint density at radius 1 is 0.889 bits per heavy atom. The van der Waals surface area contributed by atoms with Gasteiger partial charge < -0.3 is 35.1 Å². The summed E-state index contributed by atoms with van der Waals surface area (Å²) in [6.07, 6.45) is 0.341. The van der Waals surface area contributed by atoms with Gasteiger partial charge in [-0.1, -0.05) is 18.2 Å². The molecule has 0 atom stereocenters. The highest BCUT2D eigenvalue weighted by molar-refractivity contribution is 7.17. The lowest BCUT2D eigenvalue weighted by atomic mass is 10.0. The first-order chi connectivity index (χ1) is 21.9. The first-order valence-corrected chi connectivity index (χ1v) is 15.9. The van der Waals surface area contributed by atoms with E-state index in [1.807, 2.05) is 60.7 Å². The van der Waals surface area contributed by atoms with E-state index in [0.717, 1.165) is 61.8 Å². The molecule has 0 spiro atoms. The molecule has 10 nitrogen and oxygen atoms in total. The van der Waals surface area contributed by atoms with Crippen LogP contribution in [0.25, 0.3) is 31.9 Å². The molecule has 0 radical (unpaired) electrons. The molecule has 6 aromatic rings. The lowest BCUT2D eigenvalue weighted by Crippen LogP contribution is -2.47. The predicted octanol–water partition coefficient (Wildman–Crippen LogP) is 6.03. The van der Waals surface area contributed by atoms with Crippen molar-refractivity contribution in [2.45, 2.75) is 13.3 Å². The highest BCUT2D eigenvalue weighted by Gasteiger charge is 2.31. The molecule has 3 amide bonds. The van der Waals surface area contributed by atoms with E-state index in [9.17, 15) is 14.4 Å². The summed E-state index contributed by atoms with van der Waals surface area (Å²) in [5.41, 5.74) is 6.20. The van der Waals surface area contributed by atoms with Crippen molar-refractivity contribution in [1.29, 1.82) is 0 Å². The number of rotatable bonds is 4. The molecule has 1 fully saturated rings.